The Morgan fingerprint density at radius 1 is 1.43 bits per heavy atom. The van der Waals surface area contributed by atoms with E-state index >= 15 is 0 Å². The SMILES string of the molecule is O=C(c1c[nH]c(=O)c(Cl)c1)N1CCC[C@@H](Cc2ccccn2)C1. The fourth-order valence-corrected chi connectivity index (χ4v) is 3.16. The third-order valence-electron chi connectivity index (χ3n) is 4.14. The summed E-state index contributed by atoms with van der Waals surface area (Å²) in [6, 6.07) is 7.34. The summed E-state index contributed by atoms with van der Waals surface area (Å²) in [5, 5.41) is 0.0397. The smallest absolute Gasteiger partial charge is 0.266 e. The number of aromatic amines is 1. The largest absolute Gasteiger partial charge is 0.338 e. The number of nitrogens with one attached hydrogen (secondary N) is 1. The highest BCUT2D eigenvalue weighted by Crippen LogP contribution is 2.21. The Kier molecular flexibility index (Phi) is 4.76. The Bertz CT molecular complexity index is 745. The molecule has 0 spiro atoms. The van der Waals surface area contributed by atoms with E-state index in [0.717, 1.165) is 31.5 Å². The molecule has 0 saturated carbocycles. The fourth-order valence-electron chi connectivity index (χ4n) is 2.99. The molecule has 2 aromatic heterocycles. The Labute approximate surface area is 139 Å². The van der Waals surface area contributed by atoms with E-state index in [0.29, 0.717) is 18.0 Å². The monoisotopic (exact) mass is 331 g/mol. The number of amides is 1. The number of piperidine rings is 1. The van der Waals surface area contributed by atoms with Crippen molar-refractivity contribution in [2.45, 2.75) is 19.3 Å². The van der Waals surface area contributed by atoms with Crippen molar-refractivity contribution < 1.29 is 4.79 Å². The predicted molar refractivity (Wildman–Crippen MR) is 88.6 cm³/mol. The van der Waals surface area contributed by atoms with E-state index in [-0.39, 0.29) is 16.5 Å². The van der Waals surface area contributed by atoms with Gasteiger partial charge < -0.3 is 9.88 Å². The van der Waals surface area contributed by atoms with Gasteiger partial charge in [0.1, 0.15) is 5.02 Å². The van der Waals surface area contributed by atoms with Crippen LogP contribution in [0.2, 0.25) is 5.02 Å². The van der Waals surface area contributed by atoms with Crippen molar-refractivity contribution in [3.63, 3.8) is 0 Å². The number of halogens is 1. The summed E-state index contributed by atoms with van der Waals surface area (Å²) in [7, 11) is 0. The molecule has 1 amide bonds. The van der Waals surface area contributed by atoms with Crippen LogP contribution in [0.25, 0.3) is 0 Å². The second-order valence-corrected chi connectivity index (χ2v) is 6.26. The average molecular weight is 332 g/mol. The van der Waals surface area contributed by atoms with E-state index in [9.17, 15) is 9.59 Å². The topological polar surface area (TPSA) is 66.1 Å². The van der Waals surface area contributed by atoms with Crippen LogP contribution in [0.1, 0.15) is 28.9 Å². The van der Waals surface area contributed by atoms with E-state index in [1.807, 2.05) is 23.1 Å². The van der Waals surface area contributed by atoms with Crippen LogP contribution in [-0.4, -0.2) is 33.9 Å². The molecule has 0 unspecified atom stereocenters. The number of nitrogens with zero attached hydrogens (tertiary/aromatic N) is 2. The second kappa shape index (κ2) is 6.96. The lowest BCUT2D eigenvalue weighted by molar-refractivity contribution is 0.0672. The highest BCUT2D eigenvalue weighted by atomic mass is 35.5. The van der Waals surface area contributed by atoms with Crippen LogP contribution in [0.5, 0.6) is 0 Å². The van der Waals surface area contributed by atoms with E-state index in [1.165, 1.54) is 12.3 Å². The van der Waals surface area contributed by atoms with Gasteiger partial charge in [-0.1, -0.05) is 17.7 Å². The molecular weight excluding hydrogens is 314 g/mol. The quantitative estimate of drug-likeness (QED) is 0.939. The van der Waals surface area contributed by atoms with Crippen LogP contribution in [0, 0.1) is 5.92 Å². The minimum atomic E-state index is -0.380. The first-order chi connectivity index (χ1) is 11.1. The van der Waals surface area contributed by atoms with Gasteiger partial charge in [0.15, 0.2) is 0 Å². The van der Waals surface area contributed by atoms with Gasteiger partial charge in [-0.2, -0.15) is 0 Å². The normalized spacial score (nSPS) is 18.0. The van der Waals surface area contributed by atoms with Crippen LogP contribution < -0.4 is 5.56 Å². The van der Waals surface area contributed by atoms with Gasteiger partial charge in [-0.3, -0.25) is 14.6 Å². The summed E-state index contributed by atoms with van der Waals surface area (Å²) in [4.78, 5) is 32.6. The molecule has 1 saturated heterocycles. The molecule has 2 aromatic rings. The predicted octanol–water partition coefficient (Wildman–Crippen LogP) is 2.52. The summed E-state index contributed by atoms with van der Waals surface area (Å²) < 4.78 is 0. The molecule has 1 aliphatic rings. The van der Waals surface area contributed by atoms with Gasteiger partial charge in [0.2, 0.25) is 0 Å². The molecular formula is C17H18ClN3O2. The van der Waals surface area contributed by atoms with Gasteiger partial charge in [0.05, 0.1) is 5.56 Å². The second-order valence-electron chi connectivity index (χ2n) is 5.85. The molecule has 1 N–H and O–H groups in total. The number of hydrogen-bond acceptors (Lipinski definition) is 3. The van der Waals surface area contributed by atoms with E-state index in [2.05, 4.69) is 9.97 Å². The molecule has 120 valence electrons. The standard InChI is InChI=1S/C17H18ClN3O2/c18-15-9-13(10-20-16(15)22)17(23)21-7-3-4-12(11-21)8-14-5-1-2-6-19-14/h1-2,5-6,9-10,12H,3-4,7-8,11H2,(H,20,22)/t12-/m0/s1. The van der Waals surface area contributed by atoms with Gasteiger partial charge in [-0.15, -0.1) is 0 Å². The van der Waals surface area contributed by atoms with Crippen LogP contribution in [0.3, 0.4) is 0 Å². The lowest BCUT2D eigenvalue weighted by atomic mass is 9.93. The molecule has 0 bridgehead atoms. The Balaban J connectivity index is 1.69. The Morgan fingerprint density at radius 3 is 3.04 bits per heavy atom. The highest BCUT2D eigenvalue weighted by Gasteiger charge is 2.25. The number of pyridine rings is 2. The van der Waals surface area contributed by atoms with Crippen LogP contribution in [0.15, 0.2) is 41.5 Å². The van der Waals surface area contributed by atoms with Crippen molar-refractivity contribution in [3.05, 3.63) is 63.3 Å². The van der Waals surface area contributed by atoms with Crippen LogP contribution in [0.4, 0.5) is 0 Å². The first-order valence-electron chi connectivity index (χ1n) is 7.71. The molecule has 0 radical (unpaired) electrons. The first kappa shape index (κ1) is 15.7. The van der Waals surface area contributed by atoms with Crippen molar-refractivity contribution in [1.82, 2.24) is 14.9 Å². The summed E-state index contributed by atoms with van der Waals surface area (Å²) in [5.41, 5.74) is 1.10. The van der Waals surface area contributed by atoms with Crippen LogP contribution >= 0.6 is 11.6 Å². The van der Waals surface area contributed by atoms with Gasteiger partial charge in [-0.05, 0) is 43.4 Å². The zero-order valence-electron chi connectivity index (χ0n) is 12.7. The number of carbonyl (C=O) groups is 1. The van der Waals surface area contributed by atoms with Crippen molar-refractivity contribution in [3.8, 4) is 0 Å². The van der Waals surface area contributed by atoms with E-state index in [4.69, 9.17) is 11.6 Å². The maximum absolute atomic E-state index is 12.6. The summed E-state index contributed by atoms with van der Waals surface area (Å²) >= 11 is 5.81. The maximum atomic E-state index is 12.6. The van der Waals surface area contributed by atoms with Gasteiger partial charge in [0.25, 0.3) is 11.5 Å². The molecule has 3 heterocycles. The van der Waals surface area contributed by atoms with Crippen molar-refractivity contribution in [2.24, 2.45) is 5.92 Å². The zero-order chi connectivity index (χ0) is 16.2. The molecule has 0 aliphatic carbocycles. The minimum Gasteiger partial charge on any atom is -0.338 e. The minimum absolute atomic E-state index is 0.0397. The lowest BCUT2D eigenvalue weighted by Gasteiger charge is -2.32. The van der Waals surface area contributed by atoms with Gasteiger partial charge >= 0.3 is 0 Å². The summed E-state index contributed by atoms with van der Waals surface area (Å²) in [6.07, 6.45) is 6.16. The summed E-state index contributed by atoms with van der Waals surface area (Å²) in [6.45, 7) is 1.43. The molecule has 6 heteroatoms. The van der Waals surface area contributed by atoms with Gasteiger partial charge in [-0.25, -0.2) is 0 Å². The highest BCUT2D eigenvalue weighted by molar-refractivity contribution is 6.30. The Hall–Kier alpha value is -2.14. The van der Waals surface area contributed by atoms with Crippen molar-refractivity contribution in [2.75, 3.05) is 13.1 Å². The number of aromatic nitrogens is 2. The number of likely N-dealkylation sites (tertiary alicyclic amines) is 1. The molecule has 3 rings (SSSR count). The molecule has 5 nitrogen and oxygen atoms in total. The van der Waals surface area contributed by atoms with Crippen molar-refractivity contribution >= 4 is 17.5 Å². The van der Waals surface area contributed by atoms with Gasteiger partial charge in [0, 0.05) is 31.2 Å². The third-order valence-corrected chi connectivity index (χ3v) is 4.42. The zero-order valence-corrected chi connectivity index (χ0v) is 13.4. The van der Waals surface area contributed by atoms with Crippen LogP contribution in [-0.2, 0) is 6.42 Å². The molecule has 23 heavy (non-hydrogen) atoms. The molecule has 1 atom stereocenters. The average Bonchev–Trinajstić information content (AvgIpc) is 2.58. The molecule has 0 aromatic carbocycles. The lowest BCUT2D eigenvalue weighted by Crippen LogP contribution is -2.40. The van der Waals surface area contributed by atoms with E-state index < -0.39 is 0 Å². The molecule has 1 fully saturated rings. The maximum Gasteiger partial charge on any atom is 0.266 e. The number of hydrogen-bond donors (Lipinski definition) is 1. The third kappa shape index (κ3) is 3.79. The fraction of sp³-hybridized carbons (Fsp3) is 0.353. The number of H-pyrrole nitrogens is 1. The number of rotatable bonds is 3. The van der Waals surface area contributed by atoms with Crippen molar-refractivity contribution in [1.29, 1.82) is 0 Å². The summed E-state index contributed by atoms with van der Waals surface area (Å²) in [5.74, 6) is 0.315. The number of carbonyl (C=O) groups excluding carboxylic acids is 1. The van der Waals surface area contributed by atoms with E-state index in [1.54, 1.807) is 6.20 Å². The Morgan fingerprint density at radius 2 is 2.30 bits per heavy atom. The first-order valence-corrected chi connectivity index (χ1v) is 8.08. The molecule has 1 aliphatic heterocycles.